The Kier molecular flexibility index (Phi) is 4.77. The number of aliphatic carboxylic acids is 1. The summed E-state index contributed by atoms with van der Waals surface area (Å²) in [5, 5.41) is 8.48. The Hall–Kier alpha value is -1.42. The molecule has 82 valence electrons. The lowest BCUT2D eigenvalue weighted by Gasteiger charge is -2.11. The number of hydrogen-bond acceptors (Lipinski definition) is 3. The van der Waals surface area contributed by atoms with E-state index in [9.17, 15) is 4.79 Å². The zero-order chi connectivity index (χ0) is 11.1. The molecule has 0 spiro atoms. The number of nitrogens with zero attached hydrogens (tertiary/aromatic N) is 1. The standard InChI is InChI=1S/C11H15NO3/c1-9(4-5-11(13)14)15-8-10-3-2-6-12-7-10/h2-3,6-7,9H,4-5,8H2,1H3,(H,13,14). The van der Waals surface area contributed by atoms with Gasteiger partial charge < -0.3 is 9.84 Å². The monoisotopic (exact) mass is 209 g/mol. The number of ether oxygens (including phenoxy) is 1. The highest BCUT2D eigenvalue weighted by Crippen LogP contribution is 2.06. The van der Waals surface area contributed by atoms with Gasteiger partial charge in [-0.3, -0.25) is 9.78 Å². The molecule has 1 heterocycles. The number of hydrogen-bond donors (Lipinski definition) is 1. The van der Waals surface area contributed by atoms with Gasteiger partial charge in [-0.15, -0.1) is 0 Å². The second-order valence-corrected chi connectivity index (χ2v) is 3.42. The van der Waals surface area contributed by atoms with Gasteiger partial charge in [0.05, 0.1) is 12.7 Å². The second kappa shape index (κ2) is 6.14. The molecule has 0 saturated heterocycles. The molecule has 0 amide bonds. The molecule has 1 rings (SSSR count). The number of rotatable bonds is 6. The lowest BCUT2D eigenvalue weighted by molar-refractivity contribution is -0.137. The number of aromatic nitrogens is 1. The van der Waals surface area contributed by atoms with Gasteiger partial charge in [-0.05, 0) is 25.0 Å². The van der Waals surface area contributed by atoms with Crippen molar-refractivity contribution in [3.8, 4) is 0 Å². The Labute approximate surface area is 88.9 Å². The van der Waals surface area contributed by atoms with Crippen LogP contribution in [0.25, 0.3) is 0 Å². The highest BCUT2D eigenvalue weighted by atomic mass is 16.5. The van der Waals surface area contributed by atoms with E-state index in [1.54, 1.807) is 12.4 Å². The second-order valence-electron chi connectivity index (χ2n) is 3.42. The molecule has 0 aliphatic heterocycles. The average molecular weight is 209 g/mol. The predicted molar refractivity (Wildman–Crippen MR) is 55.4 cm³/mol. The Morgan fingerprint density at radius 1 is 1.67 bits per heavy atom. The largest absolute Gasteiger partial charge is 0.481 e. The third-order valence-electron chi connectivity index (χ3n) is 2.02. The smallest absolute Gasteiger partial charge is 0.303 e. The van der Waals surface area contributed by atoms with Gasteiger partial charge in [-0.2, -0.15) is 0 Å². The topological polar surface area (TPSA) is 59.4 Å². The van der Waals surface area contributed by atoms with Gasteiger partial charge in [0, 0.05) is 18.8 Å². The van der Waals surface area contributed by atoms with Gasteiger partial charge in [-0.25, -0.2) is 0 Å². The molecule has 0 aliphatic carbocycles. The third kappa shape index (κ3) is 5.12. The molecule has 0 fully saturated rings. The number of carboxylic acid groups (broad SMARTS) is 1. The summed E-state index contributed by atoms with van der Waals surface area (Å²) < 4.78 is 5.48. The summed E-state index contributed by atoms with van der Waals surface area (Å²) >= 11 is 0. The molecule has 4 heteroatoms. The Bertz CT molecular complexity index is 300. The van der Waals surface area contributed by atoms with Crippen LogP contribution < -0.4 is 0 Å². The summed E-state index contributed by atoms with van der Waals surface area (Å²) in [7, 11) is 0. The van der Waals surface area contributed by atoms with Gasteiger partial charge in [0.2, 0.25) is 0 Å². The predicted octanol–water partition coefficient (Wildman–Crippen LogP) is 1.85. The minimum atomic E-state index is -0.785. The van der Waals surface area contributed by atoms with Crippen molar-refractivity contribution in [2.45, 2.75) is 32.5 Å². The van der Waals surface area contributed by atoms with Crippen molar-refractivity contribution in [1.82, 2.24) is 4.98 Å². The van der Waals surface area contributed by atoms with Crippen molar-refractivity contribution in [1.29, 1.82) is 0 Å². The van der Waals surface area contributed by atoms with Gasteiger partial charge in [0.15, 0.2) is 0 Å². The molecule has 15 heavy (non-hydrogen) atoms. The van der Waals surface area contributed by atoms with E-state index >= 15 is 0 Å². The average Bonchev–Trinajstić information content (AvgIpc) is 2.25. The van der Waals surface area contributed by atoms with Crippen molar-refractivity contribution < 1.29 is 14.6 Å². The molecule has 4 nitrogen and oxygen atoms in total. The first kappa shape index (κ1) is 11.7. The van der Waals surface area contributed by atoms with Gasteiger partial charge in [0.25, 0.3) is 0 Å². The molecule has 1 aromatic heterocycles. The summed E-state index contributed by atoms with van der Waals surface area (Å²) in [6, 6.07) is 3.78. The molecule has 0 aliphatic rings. The SMILES string of the molecule is CC(CCC(=O)O)OCc1cccnc1. The zero-order valence-corrected chi connectivity index (χ0v) is 8.72. The van der Waals surface area contributed by atoms with Crippen LogP contribution in [0.15, 0.2) is 24.5 Å². The van der Waals surface area contributed by atoms with Crippen molar-refractivity contribution >= 4 is 5.97 Å². The summed E-state index contributed by atoms with van der Waals surface area (Å²) in [6.07, 6.45) is 4.09. The minimum absolute atomic E-state index is 0.0405. The van der Waals surface area contributed by atoms with E-state index < -0.39 is 5.97 Å². The molecule has 0 aromatic carbocycles. The van der Waals surface area contributed by atoms with Crippen LogP contribution in [-0.4, -0.2) is 22.2 Å². The molecule has 1 N–H and O–H groups in total. The molecular formula is C11H15NO3. The van der Waals surface area contributed by atoms with E-state index in [1.165, 1.54) is 0 Å². The van der Waals surface area contributed by atoms with Crippen molar-refractivity contribution in [2.75, 3.05) is 0 Å². The van der Waals surface area contributed by atoms with E-state index in [4.69, 9.17) is 9.84 Å². The summed E-state index contributed by atoms with van der Waals surface area (Å²) in [6.45, 7) is 2.36. The Morgan fingerprint density at radius 3 is 3.07 bits per heavy atom. The molecule has 0 bridgehead atoms. The molecular weight excluding hydrogens is 194 g/mol. The van der Waals surface area contributed by atoms with Crippen molar-refractivity contribution in [3.05, 3.63) is 30.1 Å². The molecule has 1 aromatic rings. The van der Waals surface area contributed by atoms with Crippen LogP contribution in [-0.2, 0) is 16.1 Å². The minimum Gasteiger partial charge on any atom is -0.481 e. The number of carbonyl (C=O) groups is 1. The molecule has 1 unspecified atom stereocenters. The third-order valence-corrected chi connectivity index (χ3v) is 2.02. The van der Waals surface area contributed by atoms with Crippen LogP contribution in [0.4, 0.5) is 0 Å². The number of carboxylic acids is 1. The first-order chi connectivity index (χ1) is 7.18. The summed E-state index contributed by atoms with van der Waals surface area (Å²) in [5.41, 5.74) is 1.000. The highest BCUT2D eigenvalue weighted by Gasteiger charge is 2.05. The van der Waals surface area contributed by atoms with Crippen LogP contribution in [0.2, 0.25) is 0 Å². The van der Waals surface area contributed by atoms with Crippen LogP contribution >= 0.6 is 0 Å². The maximum absolute atomic E-state index is 10.3. The highest BCUT2D eigenvalue weighted by molar-refractivity contribution is 5.66. The van der Waals surface area contributed by atoms with E-state index in [0.29, 0.717) is 13.0 Å². The van der Waals surface area contributed by atoms with E-state index in [-0.39, 0.29) is 12.5 Å². The maximum Gasteiger partial charge on any atom is 0.303 e. The normalized spacial score (nSPS) is 12.3. The maximum atomic E-state index is 10.3. The van der Waals surface area contributed by atoms with Crippen molar-refractivity contribution in [3.63, 3.8) is 0 Å². The zero-order valence-electron chi connectivity index (χ0n) is 8.72. The summed E-state index contributed by atoms with van der Waals surface area (Å²) in [5.74, 6) is -0.785. The van der Waals surface area contributed by atoms with Gasteiger partial charge in [0.1, 0.15) is 0 Å². The van der Waals surface area contributed by atoms with Crippen LogP contribution in [0.1, 0.15) is 25.3 Å². The van der Waals surface area contributed by atoms with Gasteiger partial charge in [-0.1, -0.05) is 6.07 Å². The lowest BCUT2D eigenvalue weighted by Crippen LogP contribution is -2.10. The fourth-order valence-electron chi connectivity index (χ4n) is 1.13. The Morgan fingerprint density at radius 2 is 2.47 bits per heavy atom. The fraction of sp³-hybridized carbons (Fsp3) is 0.455. The first-order valence-electron chi connectivity index (χ1n) is 4.91. The van der Waals surface area contributed by atoms with E-state index in [2.05, 4.69) is 4.98 Å². The lowest BCUT2D eigenvalue weighted by atomic mass is 10.2. The molecule has 0 radical (unpaired) electrons. The first-order valence-corrected chi connectivity index (χ1v) is 4.91. The molecule has 0 saturated carbocycles. The number of pyridine rings is 1. The van der Waals surface area contributed by atoms with Gasteiger partial charge >= 0.3 is 5.97 Å². The Balaban J connectivity index is 2.22. The van der Waals surface area contributed by atoms with Crippen LogP contribution in [0.3, 0.4) is 0 Å². The van der Waals surface area contributed by atoms with E-state index in [0.717, 1.165) is 5.56 Å². The molecule has 1 atom stereocenters. The van der Waals surface area contributed by atoms with Crippen molar-refractivity contribution in [2.24, 2.45) is 0 Å². The van der Waals surface area contributed by atoms with E-state index in [1.807, 2.05) is 19.1 Å². The fourth-order valence-corrected chi connectivity index (χ4v) is 1.13. The summed E-state index contributed by atoms with van der Waals surface area (Å²) in [4.78, 5) is 14.3. The van der Waals surface area contributed by atoms with Crippen LogP contribution in [0.5, 0.6) is 0 Å². The quantitative estimate of drug-likeness (QED) is 0.776. The van der Waals surface area contributed by atoms with Crippen LogP contribution in [0, 0.1) is 0 Å².